The standard InChI is InChI=1S/C13H16F2O2/c1-2-3-4-5-12(16)10-6-8-11(9-7-10)17-13(14)15/h2,6-9,12-13,16H,1,3-5H2. The second kappa shape index (κ2) is 7.01. The molecule has 1 aromatic carbocycles. The van der Waals surface area contributed by atoms with Crippen LogP contribution in [0.4, 0.5) is 8.78 Å². The number of hydrogen-bond donors (Lipinski definition) is 1. The van der Waals surface area contributed by atoms with Gasteiger partial charge in [0.25, 0.3) is 0 Å². The van der Waals surface area contributed by atoms with E-state index < -0.39 is 12.7 Å². The van der Waals surface area contributed by atoms with Crippen molar-refractivity contribution in [1.82, 2.24) is 0 Å². The fraction of sp³-hybridized carbons (Fsp3) is 0.385. The highest BCUT2D eigenvalue weighted by Gasteiger charge is 2.08. The summed E-state index contributed by atoms with van der Waals surface area (Å²) >= 11 is 0. The zero-order valence-electron chi connectivity index (χ0n) is 9.48. The number of aliphatic hydroxyl groups is 1. The molecule has 0 fully saturated rings. The van der Waals surface area contributed by atoms with E-state index in [2.05, 4.69) is 11.3 Å². The third-order valence-corrected chi connectivity index (χ3v) is 2.38. The van der Waals surface area contributed by atoms with Gasteiger partial charge in [0.2, 0.25) is 0 Å². The van der Waals surface area contributed by atoms with Gasteiger partial charge in [-0.2, -0.15) is 8.78 Å². The molecule has 1 N–H and O–H groups in total. The van der Waals surface area contributed by atoms with Crippen LogP contribution in [0.1, 0.15) is 30.9 Å². The summed E-state index contributed by atoms with van der Waals surface area (Å²) in [6, 6.07) is 6.04. The molecule has 0 saturated heterocycles. The Bertz CT molecular complexity index is 336. The van der Waals surface area contributed by atoms with Crippen molar-refractivity contribution in [3.8, 4) is 5.75 Å². The van der Waals surface area contributed by atoms with Gasteiger partial charge in [-0.05, 0) is 37.0 Å². The molecule has 1 rings (SSSR count). The van der Waals surface area contributed by atoms with E-state index in [4.69, 9.17) is 0 Å². The summed E-state index contributed by atoms with van der Waals surface area (Å²) in [5.41, 5.74) is 0.704. The summed E-state index contributed by atoms with van der Waals surface area (Å²) < 4.78 is 28.0. The van der Waals surface area contributed by atoms with Crippen molar-refractivity contribution in [2.24, 2.45) is 0 Å². The number of allylic oxidation sites excluding steroid dienone is 1. The van der Waals surface area contributed by atoms with Crippen molar-refractivity contribution in [1.29, 1.82) is 0 Å². The molecule has 2 nitrogen and oxygen atoms in total. The van der Waals surface area contributed by atoms with Crippen LogP contribution in [0.25, 0.3) is 0 Å². The first kappa shape index (κ1) is 13.6. The minimum absolute atomic E-state index is 0.0991. The Labute approximate surface area is 99.5 Å². The maximum atomic E-state index is 11.9. The Kier molecular flexibility index (Phi) is 5.63. The smallest absolute Gasteiger partial charge is 0.387 e. The fourth-order valence-corrected chi connectivity index (χ4v) is 1.49. The molecule has 0 bridgehead atoms. The van der Waals surface area contributed by atoms with Gasteiger partial charge in [0.1, 0.15) is 5.75 Å². The lowest BCUT2D eigenvalue weighted by atomic mass is 10.0. The minimum atomic E-state index is -2.82. The van der Waals surface area contributed by atoms with Gasteiger partial charge in [-0.3, -0.25) is 0 Å². The van der Waals surface area contributed by atoms with Crippen molar-refractivity contribution >= 4 is 0 Å². The summed E-state index contributed by atoms with van der Waals surface area (Å²) in [4.78, 5) is 0. The van der Waals surface area contributed by atoms with Crippen molar-refractivity contribution < 1.29 is 18.6 Å². The zero-order chi connectivity index (χ0) is 12.7. The highest BCUT2D eigenvalue weighted by Crippen LogP contribution is 2.22. The predicted molar refractivity (Wildman–Crippen MR) is 62.1 cm³/mol. The molecule has 4 heteroatoms. The van der Waals surface area contributed by atoms with Crippen LogP contribution in [0.2, 0.25) is 0 Å². The second-order valence-electron chi connectivity index (χ2n) is 3.68. The molecule has 0 radical (unpaired) electrons. The number of ether oxygens (including phenoxy) is 1. The average molecular weight is 242 g/mol. The first-order valence-electron chi connectivity index (χ1n) is 5.47. The maximum Gasteiger partial charge on any atom is 0.387 e. The molecule has 0 aliphatic heterocycles. The van der Waals surface area contributed by atoms with Crippen molar-refractivity contribution in [3.63, 3.8) is 0 Å². The third-order valence-electron chi connectivity index (χ3n) is 2.38. The van der Waals surface area contributed by atoms with Gasteiger partial charge in [0.05, 0.1) is 6.10 Å². The maximum absolute atomic E-state index is 11.9. The number of hydrogen-bond acceptors (Lipinski definition) is 2. The average Bonchev–Trinajstić information content (AvgIpc) is 2.29. The van der Waals surface area contributed by atoms with Gasteiger partial charge in [-0.25, -0.2) is 0 Å². The third kappa shape index (κ3) is 4.95. The Morgan fingerprint density at radius 2 is 1.94 bits per heavy atom. The van der Waals surface area contributed by atoms with E-state index in [9.17, 15) is 13.9 Å². The second-order valence-corrected chi connectivity index (χ2v) is 3.68. The SMILES string of the molecule is C=CCCCC(O)c1ccc(OC(F)F)cc1. The van der Waals surface area contributed by atoms with Crippen LogP contribution in [0.15, 0.2) is 36.9 Å². The number of unbranched alkanes of at least 4 members (excludes halogenated alkanes) is 1. The molecule has 94 valence electrons. The lowest BCUT2D eigenvalue weighted by Gasteiger charge is -2.11. The van der Waals surface area contributed by atoms with Crippen LogP contribution in [0.5, 0.6) is 5.75 Å². The van der Waals surface area contributed by atoms with Gasteiger partial charge >= 0.3 is 6.61 Å². The number of halogens is 2. The van der Waals surface area contributed by atoms with Gasteiger partial charge in [-0.15, -0.1) is 6.58 Å². The fourth-order valence-electron chi connectivity index (χ4n) is 1.49. The molecular formula is C13H16F2O2. The Hall–Kier alpha value is -1.42. The van der Waals surface area contributed by atoms with E-state index >= 15 is 0 Å². The molecule has 0 saturated carbocycles. The minimum Gasteiger partial charge on any atom is -0.435 e. The van der Waals surface area contributed by atoms with Gasteiger partial charge in [0, 0.05) is 0 Å². The number of aliphatic hydroxyl groups excluding tert-OH is 1. The molecule has 0 aromatic heterocycles. The molecular weight excluding hydrogens is 226 g/mol. The summed E-state index contributed by atoms with van der Waals surface area (Å²) in [5, 5.41) is 9.80. The largest absolute Gasteiger partial charge is 0.435 e. The number of benzene rings is 1. The summed E-state index contributed by atoms with van der Waals surface area (Å²) in [5.74, 6) is 0.0991. The Balaban J connectivity index is 2.51. The van der Waals surface area contributed by atoms with E-state index in [1.807, 2.05) is 0 Å². The molecule has 0 aliphatic rings. The normalized spacial score (nSPS) is 12.5. The van der Waals surface area contributed by atoms with Crippen LogP contribution in [-0.4, -0.2) is 11.7 Å². The van der Waals surface area contributed by atoms with Crippen LogP contribution in [-0.2, 0) is 0 Å². The zero-order valence-corrected chi connectivity index (χ0v) is 9.48. The van der Waals surface area contributed by atoms with Crippen LogP contribution in [0.3, 0.4) is 0 Å². The van der Waals surface area contributed by atoms with E-state index in [1.54, 1.807) is 18.2 Å². The topological polar surface area (TPSA) is 29.5 Å². The van der Waals surface area contributed by atoms with Crippen LogP contribution in [0, 0.1) is 0 Å². The predicted octanol–water partition coefficient (Wildman–Crippen LogP) is 3.68. The molecule has 0 aliphatic carbocycles. The Morgan fingerprint density at radius 3 is 2.47 bits per heavy atom. The molecule has 0 heterocycles. The van der Waals surface area contributed by atoms with Crippen molar-refractivity contribution in [3.05, 3.63) is 42.5 Å². The molecule has 1 aromatic rings. The molecule has 1 atom stereocenters. The molecule has 1 unspecified atom stereocenters. The highest BCUT2D eigenvalue weighted by molar-refractivity contribution is 5.28. The molecule has 0 amide bonds. The number of alkyl halides is 2. The monoisotopic (exact) mass is 242 g/mol. The Morgan fingerprint density at radius 1 is 1.29 bits per heavy atom. The van der Waals surface area contributed by atoms with Crippen molar-refractivity contribution in [2.45, 2.75) is 32.0 Å². The molecule has 0 spiro atoms. The molecule has 17 heavy (non-hydrogen) atoms. The number of rotatable bonds is 7. The van der Waals surface area contributed by atoms with Crippen LogP contribution < -0.4 is 4.74 Å². The quantitative estimate of drug-likeness (QED) is 0.583. The van der Waals surface area contributed by atoms with E-state index in [0.29, 0.717) is 12.0 Å². The highest BCUT2D eigenvalue weighted by atomic mass is 19.3. The summed E-state index contributed by atoms with van der Waals surface area (Å²) in [6.07, 6.45) is 3.55. The van der Waals surface area contributed by atoms with Gasteiger partial charge in [-0.1, -0.05) is 18.2 Å². The van der Waals surface area contributed by atoms with Gasteiger partial charge < -0.3 is 9.84 Å². The van der Waals surface area contributed by atoms with E-state index in [0.717, 1.165) is 12.8 Å². The van der Waals surface area contributed by atoms with Crippen molar-refractivity contribution in [2.75, 3.05) is 0 Å². The van der Waals surface area contributed by atoms with Crippen LogP contribution >= 0.6 is 0 Å². The van der Waals surface area contributed by atoms with E-state index in [1.165, 1.54) is 12.1 Å². The lowest BCUT2D eigenvalue weighted by molar-refractivity contribution is -0.0498. The summed E-state index contributed by atoms with van der Waals surface area (Å²) in [6.45, 7) is 0.779. The lowest BCUT2D eigenvalue weighted by Crippen LogP contribution is -2.02. The van der Waals surface area contributed by atoms with E-state index in [-0.39, 0.29) is 5.75 Å². The van der Waals surface area contributed by atoms with Gasteiger partial charge in [0.15, 0.2) is 0 Å². The summed E-state index contributed by atoms with van der Waals surface area (Å²) in [7, 11) is 0. The first-order valence-corrected chi connectivity index (χ1v) is 5.47. The first-order chi connectivity index (χ1) is 8.13.